The number of H-pyrrole nitrogens is 1. The van der Waals surface area contributed by atoms with Crippen LogP contribution in [0.4, 0.5) is 10.1 Å². The van der Waals surface area contributed by atoms with Gasteiger partial charge in [-0.25, -0.2) is 4.39 Å². The summed E-state index contributed by atoms with van der Waals surface area (Å²) in [6.45, 7) is 2.99. The zero-order chi connectivity index (χ0) is 20.4. The predicted molar refractivity (Wildman–Crippen MR) is 107 cm³/mol. The molecule has 0 unspecified atom stereocenters. The maximum Gasteiger partial charge on any atom is 0.255 e. The Balaban J connectivity index is 1.46. The van der Waals surface area contributed by atoms with Gasteiger partial charge in [-0.1, -0.05) is 6.07 Å². The molecule has 2 N–H and O–H groups in total. The summed E-state index contributed by atoms with van der Waals surface area (Å²) >= 11 is 0. The van der Waals surface area contributed by atoms with E-state index in [1.54, 1.807) is 37.3 Å². The van der Waals surface area contributed by atoms with Gasteiger partial charge in [0.2, 0.25) is 0 Å². The standard InChI is InChI=1S/C22H21FN2O4/c1-13-17-8-9-18(20(23)21(17)24-19(13)11-26)25-22(27)14-4-6-15(7-5-14)29-12-16-3-2-10-28-16/h4-9,11,16,24H,2-3,10,12H2,1H3,(H,25,27)/t16-/m0/s1. The molecule has 0 aliphatic carbocycles. The van der Waals surface area contributed by atoms with Gasteiger partial charge in [0.05, 0.1) is 23.0 Å². The highest BCUT2D eigenvalue weighted by Gasteiger charge is 2.17. The predicted octanol–water partition coefficient (Wildman–Crippen LogP) is 4.24. The summed E-state index contributed by atoms with van der Waals surface area (Å²) in [5.41, 5.74) is 1.61. The van der Waals surface area contributed by atoms with Gasteiger partial charge in [-0.3, -0.25) is 9.59 Å². The molecule has 3 aromatic rings. The number of fused-ring (bicyclic) bond motifs is 1. The van der Waals surface area contributed by atoms with Gasteiger partial charge in [0, 0.05) is 17.6 Å². The summed E-state index contributed by atoms with van der Waals surface area (Å²) in [4.78, 5) is 26.3. The van der Waals surface area contributed by atoms with Crippen LogP contribution in [0.25, 0.3) is 10.9 Å². The summed E-state index contributed by atoms with van der Waals surface area (Å²) in [5.74, 6) is -0.399. The molecule has 1 saturated heterocycles. The summed E-state index contributed by atoms with van der Waals surface area (Å²) in [6, 6.07) is 9.82. The molecule has 2 heterocycles. The van der Waals surface area contributed by atoms with Gasteiger partial charge in [-0.2, -0.15) is 0 Å². The summed E-state index contributed by atoms with van der Waals surface area (Å²) in [7, 11) is 0. The molecule has 0 radical (unpaired) electrons. The number of benzene rings is 2. The van der Waals surface area contributed by atoms with Crippen LogP contribution in [0.5, 0.6) is 5.75 Å². The average Bonchev–Trinajstić information content (AvgIpc) is 3.37. The van der Waals surface area contributed by atoms with Gasteiger partial charge in [0.25, 0.3) is 5.91 Å². The first-order valence-electron chi connectivity index (χ1n) is 9.48. The Kier molecular flexibility index (Phi) is 5.31. The zero-order valence-electron chi connectivity index (χ0n) is 16.0. The van der Waals surface area contributed by atoms with Crippen molar-refractivity contribution in [3.63, 3.8) is 0 Å². The molecule has 1 amide bonds. The van der Waals surface area contributed by atoms with Crippen LogP contribution in [-0.4, -0.2) is 36.5 Å². The van der Waals surface area contributed by atoms with E-state index in [9.17, 15) is 14.0 Å². The van der Waals surface area contributed by atoms with Crippen LogP contribution in [0.2, 0.25) is 0 Å². The molecule has 150 valence electrons. The van der Waals surface area contributed by atoms with Crippen LogP contribution in [0, 0.1) is 12.7 Å². The van der Waals surface area contributed by atoms with Gasteiger partial charge in [0.1, 0.15) is 12.4 Å². The van der Waals surface area contributed by atoms with Crippen molar-refractivity contribution in [2.45, 2.75) is 25.9 Å². The van der Waals surface area contributed by atoms with E-state index in [1.165, 1.54) is 6.07 Å². The van der Waals surface area contributed by atoms with Gasteiger partial charge >= 0.3 is 0 Å². The lowest BCUT2D eigenvalue weighted by molar-refractivity contribution is 0.0679. The highest BCUT2D eigenvalue weighted by molar-refractivity contribution is 6.05. The number of carbonyl (C=O) groups is 2. The number of aromatic amines is 1. The molecule has 0 bridgehead atoms. The van der Waals surface area contributed by atoms with Gasteiger partial charge in [-0.05, 0) is 55.7 Å². The van der Waals surface area contributed by atoms with Crippen LogP contribution in [-0.2, 0) is 4.74 Å². The first-order valence-corrected chi connectivity index (χ1v) is 9.48. The minimum absolute atomic E-state index is 0.0416. The smallest absolute Gasteiger partial charge is 0.255 e. The SMILES string of the molecule is Cc1c(C=O)[nH]c2c(F)c(NC(=O)c3ccc(OC[C@@H]4CCCO4)cc3)ccc12. The quantitative estimate of drug-likeness (QED) is 0.611. The van der Waals surface area contributed by atoms with Crippen molar-refractivity contribution in [2.75, 3.05) is 18.5 Å². The second kappa shape index (κ2) is 8.05. The van der Waals surface area contributed by atoms with Crippen LogP contribution >= 0.6 is 0 Å². The number of carbonyl (C=O) groups excluding carboxylic acids is 2. The molecule has 1 fully saturated rings. The molecule has 4 rings (SSSR count). The van der Waals surface area contributed by atoms with E-state index in [2.05, 4.69) is 10.3 Å². The Bertz CT molecular complexity index is 1050. The molecule has 0 saturated carbocycles. The topological polar surface area (TPSA) is 80.4 Å². The van der Waals surface area contributed by atoms with Gasteiger partial charge in [0.15, 0.2) is 12.1 Å². The van der Waals surface area contributed by atoms with E-state index in [1.807, 2.05) is 0 Å². The highest BCUT2D eigenvalue weighted by atomic mass is 19.1. The third-order valence-corrected chi connectivity index (χ3v) is 5.15. The Morgan fingerprint density at radius 2 is 2.10 bits per heavy atom. The number of hydrogen-bond acceptors (Lipinski definition) is 4. The van der Waals surface area contributed by atoms with Crippen molar-refractivity contribution in [1.29, 1.82) is 0 Å². The van der Waals surface area contributed by atoms with E-state index >= 15 is 0 Å². The molecule has 0 spiro atoms. The Morgan fingerprint density at radius 1 is 1.31 bits per heavy atom. The third kappa shape index (κ3) is 3.86. The van der Waals surface area contributed by atoms with Gasteiger partial charge < -0.3 is 19.8 Å². The normalized spacial score (nSPS) is 16.1. The largest absolute Gasteiger partial charge is 0.491 e. The molecule has 1 aromatic heterocycles. The van der Waals surface area contributed by atoms with Crippen molar-refractivity contribution in [2.24, 2.45) is 0 Å². The number of anilines is 1. The molecule has 6 nitrogen and oxygen atoms in total. The number of halogens is 1. The number of aromatic nitrogens is 1. The highest BCUT2D eigenvalue weighted by Crippen LogP contribution is 2.28. The number of aldehydes is 1. The maximum absolute atomic E-state index is 14.8. The fraction of sp³-hybridized carbons (Fsp3) is 0.273. The van der Waals surface area contributed by atoms with E-state index in [4.69, 9.17) is 9.47 Å². The van der Waals surface area contributed by atoms with E-state index < -0.39 is 11.7 Å². The van der Waals surface area contributed by atoms with Gasteiger partial charge in [-0.15, -0.1) is 0 Å². The monoisotopic (exact) mass is 396 g/mol. The Labute approximate surface area is 167 Å². The number of ether oxygens (including phenoxy) is 2. The lowest BCUT2D eigenvalue weighted by Crippen LogP contribution is -2.16. The van der Waals surface area contributed by atoms with Crippen molar-refractivity contribution in [3.05, 3.63) is 59.0 Å². The van der Waals surface area contributed by atoms with E-state index in [-0.39, 0.29) is 17.3 Å². The van der Waals surface area contributed by atoms with Crippen molar-refractivity contribution < 1.29 is 23.5 Å². The van der Waals surface area contributed by atoms with Crippen molar-refractivity contribution >= 4 is 28.8 Å². The number of aryl methyl sites for hydroxylation is 1. The fourth-order valence-corrected chi connectivity index (χ4v) is 3.46. The first-order chi connectivity index (χ1) is 14.1. The number of nitrogens with one attached hydrogen (secondary N) is 2. The van der Waals surface area contributed by atoms with Crippen molar-refractivity contribution in [3.8, 4) is 5.75 Å². The van der Waals surface area contributed by atoms with Crippen molar-refractivity contribution in [1.82, 2.24) is 4.98 Å². The maximum atomic E-state index is 14.8. The van der Waals surface area contributed by atoms with Crippen LogP contribution in [0.3, 0.4) is 0 Å². The molecule has 29 heavy (non-hydrogen) atoms. The minimum Gasteiger partial charge on any atom is -0.491 e. The number of rotatable bonds is 6. The summed E-state index contributed by atoms with van der Waals surface area (Å²) in [6.07, 6.45) is 2.81. The third-order valence-electron chi connectivity index (χ3n) is 5.15. The molecular formula is C22H21FN2O4. The molecule has 1 aliphatic heterocycles. The Morgan fingerprint density at radius 3 is 2.79 bits per heavy atom. The average molecular weight is 396 g/mol. The number of hydrogen-bond donors (Lipinski definition) is 2. The zero-order valence-corrected chi connectivity index (χ0v) is 16.0. The molecular weight excluding hydrogens is 375 g/mol. The summed E-state index contributed by atoms with van der Waals surface area (Å²) in [5, 5.41) is 3.19. The second-order valence-corrected chi connectivity index (χ2v) is 7.06. The number of amides is 1. The molecule has 2 aromatic carbocycles. The molecule has 7 heteroatoms. The Hall–Kier alpha value is -3.19. The molecule has 1 aliphatic rings. The first kappa shape index (κ1) is 19.1. The lowest BCUT2D eigenvalue weighted by atomic mass is 10.1. The molecule has 1 atom stereocenters. The minimum atomic E-state index is -0.608. The lowest BCUT2D eigenvalue weighted by Gasteiger charge is -2.12. The fourth-order valence-electron chi connectivity index (χ4n) is 3.46. The van der Waals surface area contributed by atoms with Crippen LogP contribution in [0.1, 0.15) is 39.3 Å². The van der Waals surface area contributed by atoms with E-state index in [0.29, 0.717) is 40.8 Å². The van der Waals surface area contributed by atoms with Crippen LogP contribution in [0.15, 0.2) is 36.4 Å². The van der Waals surface area contributed by atoms with E-state index in [0.717, 1.165) is 19.4 Å². The second-order valence-electron chi connectivity index (χ2n) is 7.06. The van der Waals surface area contributed by atoms with Crippen LogP contribution < -0.4 is 10.1 Å². The summed E-state index contributed by atoms with van der Waals surface area (Å²) < 4.78 is 26.0.